The second kappa shape index (κ2) is 32.0. The third-order valence-corrected chi connectivity index (χ3v) is 19.7. The molecule has 28 nitrogen and oxygen atoms in total. The number of nitrogens with one attached hydrogen (secondary N) is 8. The molecule has 4 saturated heterocycles. The molecule has 7 aliphatic rings. The largest absolute Gasteiger partial charge is 0.384 e. The van der Waals surface area contributed by atoms with E-state index in [4.69, 9.17) is 4.74 Å². The third kappa shape index (κ3) is 16.3. The van der Waals surface area contributed by atoms with Gasteiger partial charge in [0.1, 0.15) is 59.0 Å². The second-order valence-corrected chi connectivity index (χ2v) is 26.7. The lowest BCUT2D eigenvalue weighted by Crippen LogP contribution is -2.56. The first-order valence-corrected chi connectivity index (χ1v) is 34.9. The van der Waals surface area contributed by atoms with Gasteiger partial charge in [0.05, 0.1) is 34.2 Å². The zero-order valence-corrected chi connectivity index (χ0v) is 56.9. The number of Topliss-reactive ketones (excluding diaryl/α,β-unsaturated/α-hetero) is 4. The van der Waals surface area contributed by atoms with Gasteiger partial charge in [-0.15, -0.1) is 0 Å². The van der Waals surface area contributed by atoms with Gasteiger partial charge in [0.15, 0.2) is 23.1 Å². The highest BCUT2D eigenvalue weighted by Crippen LogP contribution is 2.39. The van der Waals surface area contributed by atoms with Crippen molar-refractivity contribution in [1.82, 2.24) is 74.4 Å². The van der Waals surface area contributed by atoms with E-state index >= 15 is 0 Å². The molecule has 3 atom stereocenters. The van der Waals surface area contributed by atoms with Crippen molar-refractivity contribution in [1.29, 1.82) is 0 Å². The highest BCUT2D eigenvalue weighted by atomic mass is 16.5. The van der Waals surface area contributed by atoms with E-state index in [0.29, 0.717) is 102 Å². The van der Waals surface area contributed by atoms with Crippen molar-refractivity contribution in [2.45, 2.75) is 120 Å². The fourth-order valence-electron chi connectivity index (χ4n) is 14.0. The molecule has 15 rings (SSSR count). The number of carbonyl (C=O) groups is 8. The van der Waals surface area contributed by atoms with E-state index in [1.807, 2.05) is 11.0 Å². The van der Waals surface area contributed by atoms with Crippen molar-refractivity contribution in [3.05, 3.63) is 129 Å². The summed E-state index contributed by atoms with van der Waals surface area (Å²) in [7, 11) is 1.57. The minimum Gasteiger partial charge on any atom is -0.384 e. The summed E-state index contributed by atoms with van der Waals surface area (Å²) in [5, 5.41) is 16.8. The molecule has 8 aromatic rings. The molecule has 0 radical (unpaired) electrons. The van der Waals surface area contributed by atoms with Crippen molar-refractivity contribution in [2.75, 3.05) is 87.3 Å². The number of aromatic nitrogens is 11. The van der Waals surface area contributed by atoms with Crippen LogP contribution in [0.5, 0.6) is 0 Å². The molecule has 4 amide bonds. The van der Waals surface area contributed by atoms with Gasteiger partial charge in [-0.1, -0.05) is 39.2 Å². The Bertz CT molecular complexity index is 4440. The third-order valence-electron chi connectivity index (χ3n) is 19.7. The zero-order valence-electron chi connectivity index (χ0n) is 56.9. The van der Waals surface area contributed by atoms with Crippen LogP contribution in [0.25, 0.3) is 44.1 Å². The number of methoxy groups -OCH3 is 1. The molecule has 528 valence electrons. The summed E-state index contributed by atoms with van der Waals surface area (Å²) < 4.78 is 5.00. The summed E-state index contributed by atoms with van der Waals surface area (Å²) in [5.41, 5.74) is 6.18. The van der Waals surface area contributed by atoms with Crippen LogP contribution in [0, 0.1) is 17.8 Å². The van der Waals surface area contributed by atoms with Gasteiger partial charge in [-0.3, -0.25) is 38.4 Å². The Hall–Kier alpha value is -10.8. The SMILES string of the molecule is C=CC(=O)N1CC(Nc2ncnc3[nH]cc(C(=O)C4CC4)c23)C1.C=CC(=O)N1CCC[C@@H](Nc2ccnc3[nH]cc(C(=O)C4CC4)c23)C1.C=CC(=O)N1CCC[C@@H](Nc2ncnc3[nH]cc(C(=O)C4CCCC4)c23)C1.C=CC(=O)N1CCC[C@@H](Nc2ncnc3[nH]cc(C(=O)CCOC)c23)C1. The number of hydrogen-bond donors (Lipinski definition) is 8. The Labute approximate surface area is 583 Å². The fraction of sp³-hybridized carbons (Fsp3) is 0.438. The molecule has 28 heteroatoms. The highest BCUT2D eigenvalue weighted by Gasteiger charge is 2.37. The number of likely N-dealkylation sites (tertiary alicyclic amines) is 4. The maximum absolute atomic E-state index is 13.0. The first-order chi connectivity index (χ1) is 49.1. The van der Waals surface area contributed by atoms with E-state index in [2.05, 4.69) is 102 Å². The lowest BCUT2D eigenvalue weighted by Gasteiger charge is -2.39. The number of H-pyrrole nitrogens is 4. The van der Waals surface area contributed by atoms with Gasteiger partial charge in [-0.05, 0) is 107 Å². The van der Waals surface area contributed by atoms with Crippen LogP contribution in [0.4, 0.5) is 23.1 Å². The molecular formula is C73H87N19O9. The Morgan fingerprint density at radius 2 is 0.792 bits per heavy atom. The highest BCUT2D eigenvalue weighted by molar-refractivity contribution is 6.14. The molecule has 7 fully saturated rings. The van der Waals surface area contributed by atoms with Gasteiger partial charge in [-0.25, -0.2) is 34.9 Å². The van der Waals surface area contributed by atoms with Gasteiger partial charge >= 0.3 is 0 Å². The normalized spacial score (nSPS) is 19.1. The Balaban J connectivity index is 0.000000128. The molecule has 8 N–H and O–H groups in total. The lowest BCUT2D eigenvalue weighted by molar-refractivity contribution is -0.130. The number of ketones is 4. The number of aromatic amines is 4. The average Bonchev–Trinajstić information content (AvgIpc) is 1.68. The maximum Gasteiger partial charge on any atom is 0.246 e. The summed E-state index contributed by atoms with van der Waals surface area (Å²) in [4.78, 5) is 147. The first kappa shape index (κ1) is 70.1. The van der Waals surface area contributed by atoms with E-state index in [1.54, 1.807) is 52.8 Å². The quantitative estimate of drug-likeness (QED) is 0.0232. The smallest absolute Gasteiger partial charge is 0.246 e. The molecule has 101 heavy (non-hydrogen) atoms. The fourth-order valence-corrected chi connectivity index (χ4v) is 14.0. The molecule has 3 saturated carbocycles. The van der Waals surface area contributed by atoms with Crippen molar-refractivity contribution in [3.8, 4) is 0 Å². The van der Waals surface area contributed by atoms with Crippen molar-refractivity contribution in [2.24, 2.45) is 17.8 Å². The number of piperidine rings is 3. The van der Waals surface area contributed by atoms with Crippen molar-refractivity contribution >= 4 is 114 Å². The van der Waals surface area contributed by atoms with Gasteiger partial charge in [0, 0.05) is 161 Å². The molecule has 0 bridgehead atoms. The summed E-state index contributed by atoms with van der Waals surface area (Å²) in [6.07, 6.45) is 32.4. The van der Waals surface area contributed by atoms with E-state index in [9.17, 15) is 38.4 Å². The van der Waals surface area contributed by atoms with Gasteiger partial charge in [-0.2, -0.15) is 0 Å². The molecular weight excluding hydrogens is 1290 g/mol. The maximum atomic E-state index is 13.0. The first-order valence-electron chi connectivity index (χ1n) is 34.9. The minimum absolute atomic E-state index is 0.0249. The topological polar surface area (TPSA) is 360 Å². The molecule has 0 unspecified atom stereocenters. The summed E-state index contributed by atoms with van der Waals surface area (Å²) in [6.45, 7) is 19.8. The number of hydrogen-bond acceptors (Lipinski definition) is 20. The van der Waals surface area contributed by atoms with Crippen LogP contribution >= 0.6 is 0 Å². The molecule has 12 heterocycles. The van der Waals surface area contributed by atoms with Gasteiger partial charge in [0.2, 0.25) is 23.6 Å². The Morgan fingerprint density at radius 3 is 1.21 bits per heavy atom. The average molecular weight is 1370 g/mol. The zero-order chi connectivity index (χ0) is 70.7. The van der Waals surface area contributed by atoms with Crippen LogP contribution in [0.3, 0.4) is 0 Å². The molecule has 3 aliphatic carbocycles. The Kier molecular flexibility index (Phi) is 22.2. The molecule has 4 aliphatic heterocycles. The van der Waals surface area contributed by atoms with E-state index in [0.717, 1.165) is 143 Å². The molecule has 0 aromatic carbocycles. The monoisotopic (exact) mass is 1370 g/mol. The number of nitrogens with zero attached hydrogens (tertiary/aromatic N) is 11. The summed E-state index contributed by atoms with van der Waals surface area (Å²) in [5.74, 6) is 2.65. The number of pyridine rings is 1. The van der Waals surface area contributed by atoms with Crippen LogP contribution in [-0.2, 0) is 23.9 Å². The van der Waals surface area contributed by atoms with Gasteiger partial charge in [0.25, 0.3) is 0 Å². The number of ether oxygens (including phenoxy) is 1. The second-order valence-electron chi connectivity index (χ2n) is 26.7. The van der Waals surface area contributed by atoms with Crippen LogP contribution in [0.2, 0.25) is 0 Å². The molecule has 0 spiro atoms. The predicted molar refractivity (Wildman–Crippen MR) is 383 cm³/mol. The number of fused-ring (bicyclic) bond motifs is 4. The number of anilines is 4. The van der Waals surface area contributed by atoms with E-state index in [1.165, 1.54) is 43.3 Å². The lowest BCUT2D eigenvalue weighted by atomic mass is 9.96. The van der Waals surface area contributed by atoms with Crippen molar-refractivity contribution in [3.63, 3.8) is 0 Å². The molecule has 8 aromatic heterocycles. The number of amides is 4. The minimum atomic E-state index is -0.0681. The Morgan fingerprint density at radius 1 is 0.436 bits per heavy atom. The summed E-state index contributed by atoms with van der Waals surface area (Å²) in [6, 6.07) is 2.33. The van der Waals surface area contributed by atoms with E-state index in [-0.39, 0.29) is 88.7 Å². The van der Waals surface area contributed by atoms with E-state index < -0.39 is 0 Å². The van der Waals surface area contributed by atoms with Crippen LogP contribution in [0.1, 0.15) is 138 Å². The number of carbonyl (C=O) groups excluding carboxylic acids is 8. The standard InChI is InChI=1S/C20H25N5O2.C19H22N4O2.C18H23N5O3.C16H17N5O2/c1-2-16(26)25-9-5-8-14(11-25)24-20-17-15(10-21-19(17)22-12-23-20)18(27)13-6-3-4-7-13;1-2-16(24)23-9-3-4-13(11-23)22-15-7-8-20-19-17(15)14(10-21-19)18(25)12-5-6-12;1-3-15(25)23-7-4-5-12(10-23)22-18-16-13(14(24)6-8-26-2)9-19-17(16)20-11-21-18;1-2-12(22)21-6-10(7-21)20-16-13-11(14(23)9-3-4-9)5-17-15(13)18-8-19-16/h2,10,12-14H,1,3-9,11H2,(H2,21,22,23,24);2,7-8,10,12-13H,1,3-6,9,11H2,(H2,20,21,22);3,9,11-12H,1,4-8,10H2,2H3,(H2,19,20,21,22);2,5,8-10H,1,3-4,6-7H2,(H2,17,18,19,20)/t14-;13-;12-;/m111./s1. The van der Waals surface area contributed by atoms with Crippen LogP contribution in [0.15, 0.2) is 107 Å². The van der Waals surface area contributed by atoms with Crippen LogP contribution < -0.4 is 21.3 Å². The summed E-state index contributed by atoms with van der Waals surface area (Å²) >= 11 is 0. The van der Waals surface area contributed by atoms with Crippen LogP contribution in [-0.4, -0.2) is 211 Å². The van der Waals surface area contributed by atoms with Gasteiger partial charge < -0.3 is 65.5 Å². The predicted octanol–water partition coefficient (Wildman–Crippen LogP) is 8.79. The number of rotatable bonds is 22. The van der Waals surface area contributed by atoms with Crippen molar-refractivity contribution < 1.29 is 43.1 Å².